The SMILES string of the molecule is O=C(O)CC(NC(=O)CN1CCN(CC(=O)O)CCN(CC(=O)O)CCN(CC(=O)O)CC1)C(=O)NCCCN1Cc2cc(C(=O)N(Cc3ccccc3)Cc3ncc[nH]3)ccc2NC(CC(=O)O)C1=O.[90Y]. The van der Waals surface area contributed by atoms with Crippen LogP contribution in [0, 0.1) is 0 Å². The van der Waals surface area contributed by atoms with Crippen LogP contribution in [0.25, 0.3) is 0 Å². The molecule has 5 rings (SSSR count). The zero-order valence-corrected chi connectivity index (χ0v) is 42.5. The average molecular weight is 1080 g/mol. The second kappa shape index (κ2) is 29.2. The van der Waals surface area contributed by atoms with Crippen LogP contribution in [0.15, 0.2) is 60.9 Å². The Morgan fingerprint density at radius 1 is 0.722 bits per heavy atom. The van der Waals surface area contributed by atoms with Crippen LogP contribution in [0.1, 0.15) is 46.6 Å². The van der Waals surface area contributed by atoms with Gasteiger partial charge < -0.3 is 56.3 Å². The fourth-order valence-electron chi connectivity index (χ4n) is 8.22. The van der Waals surface area contributed by atoms with Gasteiger partial charge in [0, 0.05) is 135 Å². The van der Waals surface area contributed by atoms with E-state index in [2.05, 4.69) is 25.9 Å². The predicted octanol–water partition coefficient (Wildman–Crippen LogP) is -1.21. The molecule has 3 aromatic rings. The van der Waals surface area contributed by atoms with Crippen molar-refractivity contribution in [2.24, 2.45) is 0 Å². The third-order valence-corrected chi connectivity index (χ3v) is 11.7. The number of carbonyl (C=O) groups is 9. The molecule has 4 amide bonds. The van der Waals surface area contributed by atoms with Gasteiger partial charge in [-0.25, -0.2) is 4.98 Å². The maximum absolute atomic E-state index is 14.1. The number of rotatable bonds is 23. The summed E-state index contributed by atoms with van der Waals surface area (Å²) in [4.78, 5) is 130. The molecule has 1 aromatic heterocycles. The van der Waals surface area contributed by atoms with E-state index in [0.29, 0.717) is 22.6 Å². The Bertz CT molecular complexity index is 2310. The number of imidazole rings is 1. The first-order valence-electron chi connectivity index (χ1n) is 23.0. The van der Waals surface area contributed by atoms with Crippen molar-refractivity contribution in [3.8, 4) is 0 Å². The minimum atomic E-state index is -1.54. The zero-order valence-electron chi connectivity index (χ0n) is 39.7. The molecule has 1 fully saturated rings. The summed E-state index contributed by atoms with van der Waals surface area (Å²) in [5.41, 5.74) is 2.19. The number of fused-ring (bicyclic) bond motifs is 1. The second-order valence-corrected chi connectivity index (χ2v) is 17.3. The summed E-state index contributed by atoms with van der Waals surface area (Å²) in [6.45, 7) is -0.0301. The summed E-state index contributed by atoms with van der Waals surface area (Å²) in [5, 5.41) is 55.9. The number of benzene rings is 2. The van der Waals surface area contributed by atoms with Gasteiger partial charge in [-0.15, -0.1) is 0 Å². The fourth-order valence-corrected chi connectivity index (χ4v) is 8.22. The molecule has 26 heteroatoms. The third kappa shape index (κ3) is 19.7. The van der Waals surface area contributed by atoms with Crippen LogP contribution in [0.4, 0.5) is 5.69 Å². The van der Waals surface area contributed by atoms with Crippen molar-refractivity contribution in [3.05, 3.63) is 83.4 Å². The number of carbonyl (C=O) groups excluding carboxylic acids is 4. The molecular weight excluding hydrogens is 1020 g/mol. The number of hydrogen-bond acceptors (Lipinski definition) is 15. The molecule has 1 saturated heterocycles. The van der Waals surface area contributed by atoms with E-state index in [-0.39, 0.29) is 156 Å². The number of anilines is 1. The number of aromatic amines is 1. The van der Waals surface area contributed by atoms with Gasteiger partial charge in [-0.3, -0.25) is 62.8 Å². The molecule has 1 radical (unpaired) electrons. The number of nitrogens with zero attached hydrogens (tertiary/aromatic N) is 7. The van der Waals surface area contributed by atoms with E-state index in [1.165, 1.54) is 4.90 Å². The van der Waals surface area contributed by atoms with Crippen molar-refractivity contribution in [2.75, 3.05) is 96.9 Å². The molecule has 25 nitrogen and oxygen atoms in total. The van der Waals surface area contributed by atoms with Gasteiger partial charge in [0.2, 0.25) is 17.7 Å². The van der Waals surface area contributed by atoms with Gasteiger partial charge in [0.05, 0.1) is 45.6 Å². The van der Waals surface area contributed by atoms with E-state index in [1.54, 1.807) is 55.1 Å². The van der Waals surface area contributed by atoms with Crippen LogP contribution in [0.2, 0.25) is 0 Å². The Hall–Kier alpha value is -6.38. The number of carboxylic acid groups (broad SMARTS) is 5. The minimum Gasteiger partial charge on any atom is -0.481 e. The van der Waals surface area contributed by atoms with E-state index < -0.39 is 72.5 Å². The van der Waals surface area contributed by atoms with Crippen molar-refractivity contribution in [1.82, 2.24) is 50.0 Å². The van der Waals surface area contributed by atoms with E-state index in [9.17, 15) is 68.7 Å². The first-order valence-corrected chi connectivity index (χ1v) is 23.0. The van der Waals surface area contributed by atoms with Crippen LogP contribution in [-0.4, -0.2) is 222 Å². The number of hydrogen-bond donors (Lipinski definition) is 9. The topological polar surface area (TPSA) is 339 Å². The second-order valence-electron chi connectivity index (χ2n) is 17.3. The maximum Gasteiger partial charge on any atom is 0.317 e. The van der Waals surface area contributed by atoms with Gasteiger partial charge in [-0.1, -0.05) is 30.3 Å². The normalized spacial score (nSPS) is 16.8. The summed E-state index contributed by atoms with van der Waals surface area (Å²) < 4.78 is 0. The molecule has 387 valence electrons. The number of aromatic nitrogens is 2. The number of aliphatic carboxylic acids is 5. The third-order valence-electron chi connectivity index (χ3n) is 11.7. The first-order chi connectivity index (χ1) is 33.9. The van der Waals surface area contributed by atoms with Crippen molar-refractivity contribution < 1.29 is 101 Å². The van der Waals surface area contributed by atoms with E-state index in [1.807, 2.05) is 30.3 Å². The molecule has 0 spiro atoms. The molecule has 2 aliphatic heterocycles. The fraction of sp³-hybridized carbons (Fsp3) is 0.478. The van der Waals surface area contributed by atoms with Crippen molar-refractivity contribution in [1.29, 1.82) is 0 Å². The largest absolute Gasteiger partial charge is 0.481 e. The van der Waals surface area contributed by atoms with E-state index >= 15 is 0 Å². The van der Waals surface area contributed by atoms with Crippen LogP contribution in [-0.2, 0) is 90.7 Å². The molecule has 0 aliphatic carbocycles. The predicted molar refractivity (Wildman–Crippen MR) is 251 cm³/mol. The van der Waals surface area contributed by atoms with Gasteiger partial charge in [0.15, 0.2) is 0 Å². The molecule has 2 aromatic carbocycles. The van der Waals surface area contributed by atoms with Crippen LogP contribution >= 0.6 is 0 Å². The van der Waals surface area contributed by atoms with Crippen molar-refractivity contribution in [3.63, 3.8) is 0 Å². The smallest absolute Gasteiger partial charge is 0.317 e. The van der Waals surface area contributed by atoms with Crippen molar-refractivity contribution >= 4 is 59.2 Å². The monoisotopic (exact) mass is 1080 g/mol. The molecule has 9 N–H and O–H groups in total. The Labute approximate surface area is 439 Å². The summed E-state index contributed by atoms with van der Waals surface area (Å²) in [5.74, 6) is -7.85. The summed E-state index contributed by atoms with van der Waals surface area (Å²) >= 11 is 0. The Kier molecular flexibility index (Phi) is 23.6. The maximum atomic E-state index is 14.1. The summed E-state index contributed by atoms with van der Waals surface area (Å²) in [7, 11) is 0. The average Bonchev–Trinajstić information content (AvgIpc) is 3.78. The molecule has 0 bridgehead atoms. The van der Waals surface area contributed by atoms with Crippen LogP contribution in [0.3, 0.4) is 0 Å². The standard InChI is InChI=1S/C46H61N11O14.Y/c58-38(27-52-13-15-53(28-41(63)64)17-19-55(30-43(67)68)20-18-54(16-14-52)29-42(65)66)51-35(22-39(59)60)44(69)49-9-4-12-56-25-33-21-32(7-8-34(33)50-36(46(56)71)23-40(61)62)45(70)57(26-37-47-10-11-48-37)24-31-5-2-1-3-6-31;/h1-3,5-8,10-11,21,35-36,50H,4,9,12-20,22-30H2,(H,47,48)(H,49,69)(H,51,58)(H,59,60)(H,61,62)(H,63,64)(H,65,66)(H,67,68);/i;1+1. The van der Waals surface area contributed by atoms with E-state index in [0.717, 1.165) is 5.56 Å². The van der Waals surface area contributed by atoms with Gasteiger partial charge in [0.1, 0.15) is 17.9 Å². The molecule has 0 saturated carbocycles. The Balaban J connectivity index is 0.0000112. The Morgan fingerprint density at radius 2 is 1.29 bits per heavy atom. The van der Waals surface area contributed by atoms with E-state index in [4.69, 9.17) is 0 Å². The zero-order chi connectivity index (χ0) is 51.5. The number of H-pyrrole nitrogens is 1. The molecule has 72 heavy (non-hydrogen) atoms. The van der Waals surface area contributed by atoms with Crippen LogP contribution < -0.4 is 16.0 Å². The number of amides is 4. The quantitative estimate of drug-likeness (QED) is 0.0503. The molecule has 2 unspecified atom stereocenters. The molecule has 2 atom stereocenters. The number of nitrogens with one attached hydrogen (secondary N) is 4. The van der Waals surface area contributed by atoms with Gasteiger partial charge in [-0.2, -0.15) is 0 Å². The van der Waals surface area contributed by atoms with Gasteiger partial charge in [0.25, 0.3) is 5.91 Å². The summed E-state index contributed by atoms with van der Waals surface area (Å²) in [6.07, 6.45) is 2.01. The van der Waals surface area contributed by atoms with Crippen LogP contribution in [0.5, 0.6) is 0 Å². The number of carboxylic acids is 5. The van der Waals surface area contributed by atoms with Gasteiger partial charge >= 0.3 is 29.8 Å². The first kappa shape index (κ1) is 58.2. The van der Waals surface area contributed by atoms with Crippen molar-refractivity contribution in [2.45, 2.75) is 51.0 Å². The molecular formula is C46H61N11O14Y. The minimum absolute atomic E-state index is 0. The molecule has 2 aliphatic rings. The van der Waals surface area contributed by atoms with Gasteiger partial charge in [-0.05, 0) is 35.7 Å². The molecule has 3 heterocycles. The summed E-state index contributed by atoms with van der Waals surface area (Å²) in [6, 6.07) is 11.6. The Morgan fingerprint density at radius 3 is 1.81 bits per heavy atom.